The minimum Gasteiger partial charge on any atom is -0.387 e. The van der Waals surface area contributed by atoms with Crippen LogP contribution in [0.3, 0.4) is 0 Å². The van der Waals surface area contributed by atoms with Gasteiger partial charge in [-0.1, -0.05) is 0 Å². The Kier molecular flexibility index (Phi) is 7.53. The highest BCUT2D eigenvalue weighted by Gasteiger charge is 2.39. The normalized spacial score (nSPS) is 20.8. The summed E-state index contributed by atoms with van der Waals surface area (Å²) >= 11 is 0. The lowest BCUT2D eigenvalue weighted by Crippen LogP contribution is -2.53. The van der Waals surface area contributed by atoms with Gasteiger partial charge in [-0.2, -0.15) is 10.4 Å². The first-order chi connectivity index (χ1) is 18.6. The molecule has 0 aromatic carbocycles. The van der Waals surface area contributed by atoms with Gasteiger partial charge in [-0.3, -0.25) is 14.7 Å². The van der Waals surface area contributed by atoms with Crippen LogP contribution in [0.25, 0.3) is 16.9 Å². The molecule has 2 fully saturated rings. The van der Waals surface area contributed by atoms with E-state index in [1.165, 1.54) is 26.2 Å². The summed E-state index contributed by atoms with van der Waals surface area (Å²) in [7, 11) is 0. The molecule has 0 spiro atoms. The molecule has 3 N–H and O–H groups in total. The average molecular weight is 536 g/mol. The van der Waals surface area contributed by atoms with Gasteiger partial charge >= 0.3 is 0 Å². The maximum Gasteiger partial charge on any atom is 0.252 e. The molecular weight excluding hydrogens is 501 g/mol. The number of carbonyl (C=O) groups is 1. The summed E-state index contributed by atoms with van der Waals surface area (Å²) in [4.78, 5) is 21.2. The molecule has 206 valence electrons. The van der Waals surface area contributed by atoms with E-state index in [2.05, 4.69) is 21.1 Å². The highest BCUT2D eigenvalue weighted by Crippen LogP contribution is 2.38. The molecule has 2 aliphatic rings. The zero-order valence-electron chi connectivity index (χ0n) is 22.3. The molecule has 11 heteroatoms. The van der Waals surface area contributed by atoms with E-state index in [1.807, 2.05) is 17.0 Å². The van der Waals surface area contributed by atoms with E-state index in [0.29, 0.717) is 28.6 Å². The monoisotopic (exact) mass is 535 g/mol. The number of halogens is 1. The second-order valence-electron chi connectivity index (χ2n) is 11.0. The Hall–Kier alpha value is -3.59. The topological polar surface area (TPSA) is 133 Å². The number of pyridine rings is 1. The number of carbonyl (C=O) groups excluding carboxylic acids is 1. The maximum atomic E-state index is 15.3. The zero-order chi connectivity index (χ0) is 27.7. The third-order valence-electron chi connectivity index (χ3n) is 7.74. The van der Waals surface area contributed by atoms with Crippen LogP contribution in [-0.4, -0.2) is 87.7 Å². The zero-order valence-corrected chi connectivity index (χ0v) is 22.3. The minimum absolute atomic E-state index is 0.0228. The molecule has 0 bridgehead atoms. The van der Waals surface area contributed by atoms with Gasteiger partial charge in [-0.05, 0) is 56.9 Å². The van der Waals surface area contributed by atoms with Crippen LogP contribution in [0.15, 0.2) is 36.7 Å². The summed E-state index contributed by atoms with van der Waals surface area (Å²) < 4.78 is 22.5. The van der Waals surface area contributed by atoms with Gasteiger partial charge in [0.25, 0.3) is 5.91 Å². The Labute approximate surface area is 226 Å². The van der Waals surface area contributed by atoms with Crippen LogP contribution < -0.4 is 10.6 Å². The Morgan fingerprint density at radius 1 is 1.31 bits per heavy atom. The van der Waals surface area contributed by atoms with E-state index in [-0.39, 0.29) is 18.2 Å². The molecule has 0 unspecified atom stereocenters. The van der Waals surface area contributed by atoms with Crippen molar-refractivity contribution in [1.29, 1.82) is 5.26 Å². The fraction of sp³-hybridized carbons (Fsp3) is 0.500. The van der Waals surface area contributed by atoms with Crippen molar-refractivity contribution >= 4 is 17.1 Å². The summed E-state index contributed by atoms with van der Waals surface area (Å²) in [6.45, 7) is 7.03. The van der Waals surface area contributed by atoms with Crippen molar-refractivity contribution in [2.24, 2.45) is 11.7 Å². The van der Waals surface area contributed by atoms with Crippen LogP contribution in [0, 0.1) is 17.2 Å². The van der Waals surface area contributed by atoms with Gasteiger partial charge in [-0.15, -0.1) is 0 Å². The number of ether oxygens (including phenoxy) is 1. The summed E-state index contributed by atoms with van der Waals surface area (Å²) in [5.74, 6) is -0.212. The van der Waals surface area contributed by atoms with E-state index in [4.69, 9.17) is 10.5 Å². The van der Waals surface area contributed by atoms with E-state index in [1.54, 1.807) is 16.6 Å². The molecule has 5 rings (SSSR count). The quantitative estimate of drug-likeness (QED) is 0.427. The van der Waals surface area contributed by atoms with Gasteiger partial charge in [0, 0.05) is 31.9 Å². The number of rotatable bonds is 9. The molecule has 1 atom stereocenters. The van der Waals surface area contributed by atoms with E-state index in [9.17, 15) is 15.2 Å². The third-order valence-corrected chi connectivity index (χ3v) is 7.74. The Bertz CT molecular complexity index is 1380. The fourth-order valence-electron chi connectivity index (χ4n) is 5.36. The standard InChI is InChI=1S/C28H34FN7O3/c1-28(2,38)26(29)17-35(21-9-18(10-21)16-34-5-7-39-8-6-34)25-12-23(32-15-22(25)27(31)37)24-4-3-20-11-19(13-30)14-33-36(20)24/h3-4,11-12,14-15,18,21,26,38H,5-10,16-17H2,1-2H3,(H2,31,37)/t18?,21?,26-/m1/s1. The number of fused-ring (bicyclic) bond motifs is 1. The molecule has 1 saturated heterocycles. The summed E-state index contributed by atoms with van der Waals surface area (Å²) in [5, 5.41) is 24.0. The number of amides is 1. The number of nitriles is 1. The maximum absolute atomic E-state index is 15.3. The molecule has 3 aromatic rings. The van der Waals surface area contributed by atoms with Crippen molar-refractivity contribution in [2.75, 3.05) is 44.3 Å². The highest BCUT2D eigenvalue weighted by atomic mass is 19.1. The van der Waals surface area contributed by atoms with Gasteiger partial charge in [0.05, 0.1) is 65.3 Å². The van der Waals surface area contributed by atoms with Gasteiger partial charge in [0.15, 0.2) is 0 Å². The third kappa shape index (κ3) is 5.73. The summed E-state index contributed by atoms with van der Waals surface area (Å²) in [6, 6.07) is 9.19. The van der Waals surface area contributed by atoms with Crippen molar-refractivity contribution in [2.45, 2.75) is 44.5 Å². The van der Waals surface area contributed by atoms with E-state index >= 15 is 4.39 Å². The van der Waals surface area contributed by atoms with Crippen molar-refractivity contribution in [1.82, 2.24) is 19.5 Å². The van der Waals surface area contributed by atoms with Crippen molar-refractivity contribution in [3.05, 3.63) is 47.8 Å². The first-order valence-electron chi connectivity index (χ1n) is 13.3. The smallest absolute Gasteiger partial charge is 0.252 e. The van der Waals surface area contributed by atoms with Crippen molar-refractivity contribution in [3.8, 4) is 17.5 Å². The molecule has 0 radical (unpaired) electrons. The lowest BCUT2D eigenvalue weighted by atomic mass is 9.78. The number of morpholine rings is 1. The number of hydrogen-bond donors (Lipinski definition) is 2. The number of nitrogens with two attached hydrogens (primary N) is 1. The number of primary amides is 1. The summed E-state index contributed by atoms with van der Waals surface area (Å²) in [6.07, 6.45) is 3.00. The molecule has 1 amide bonds. The van der Waals surface area contributed by atoms with Crippen molar-refractivity contribution < 1.29 is 19.0 Å². The highest BCUT2D eigenvalue weighted by molar-refractivity contribution is 5.99. The van der Waals surface area contributed by atoms with Crippen LogP contribution in [0.1, 0.15) is 42.6 Å². The van der Waals surface area contributed by atoms with Gasteiger partial charge in [0.1, 0.15) is 12.2 Å². The van der Waals surface area contributed by atoms with E-state index in [0.717, 1.165) is 51.2 Å². The second kappa shape index (κ2) is 10.9. The largest absolute Gasteiger partial charge is 0.387 e. The number of aliphatic hydroxyl groups is 1. The molecule has 3 aromatic heterocycles. The van der Waals surface area contributed by atoms with E-state index < -0.39 is 17.7 Å². The predicted octanol–water partition coefficient (Wildman–Crippen LogP) is 2.39. The van der Waals surface area contributed by atoms with Gasteiger partial charge < -0.3 is 20.5 Å². The van der Waals surface area contributed by atoms with Crippen LogP contribution in [0.5, 0.6) is 0 Å². The Morgan fingerprint density at radius 3 is 2.72 bits per heavy atom. The van der Waals surface area contributed by atoms with Gasteiger partial charge in [-0.25, -0.2) is 8.91 Å². The van der Waals surface area contributed by atoms with Crippen molar-refractivity contribution in [3.63, 3.8) is 0 Å². The number of nitrogens with zero attached hydrogens (tertiary/aromatic N) is 6. The lowest BCUT2D eigenvalue weighted by molar-refractivity contribution is -0.00268. The lowest BCUT2D eigenvalue weighted by Gasteiger charge is -2.47. The fourth-order valence-corrected chi connectivity index (χ4v) is 5.36. The van der Waals surface area contributed by atoms with Crippen LogP contribution in [0.2, 0.25) is 0 Å². The SMILES string of the molecule is CC(C)(O)[C@H](F)CN(c1cc(-c2ccc3cc(C#N)cnn23)ncc1C(N)=O)C1CC(CN2CCOCC2)C1. The first-order valence-corrected chi connectivity index (χ1v) is 13.3. The Balaban J connectivity index is 1.48. The number of anilines is 1. The number of aromatic nitrogens is 3. The number of alkyl halides is 1. The number of hydrogen-bond acceptors (Lipinski definition) is 8. The molecular formula is C28H34FN7O3. The average Bonchev–Trinajstić information content (AvgIpc) is 3.32. The second-order valence-corrected chi connectivity index (χ2v) is 11.0. The molecule has 1 aliphatic carbocycles. The molecule has 4 heterocycles. The van der Waals surface area contributed by atoms with Gasteiger partial charge in [0.2, 0.25) is 0 Å². The molecule has 39 heavy (non-hydrogen) atoms. The molecule has 1 saturated carbocycles. The summed E-state index contributed by atoms with van der Waals surface area (Å²) in [5.41, 5.74) is 7.22. The predicted molar refractivity (Wildman–Crippen MR) is 144 cm³/mol. The van der Waals surface area contributed by atoms with Crippen LogP contribution in [-0.2, 0) is 4.74 Å². The first kappa shape index (κ1) is 27.0. The Morgan fingerprint density at radius 2 is 2.05 bits per heavy atom. The van der Waals surface area contributed by atoms with Crippen LogP contribution in [0.4, 0.5) is 10.1 Å². The minimum atomic E-state index is -1.56. The molecule has 10 nitrogen and oxygen atoms in total. The van der Waals surface area contributed by atoms with Crippen LogP contribution >= 0.6 is 0 Å². The molecule has 1 aliphatic heterocycles.